The zero-order valence-electron chi connectivity index (χ0n) is 19.5. The molecule has 1 amide bonds. The van der Waals surface area contributed by atoms with Crippen molar-refractivity contribution in [3.63, 3.8) is 0 Å². The van der Waals surface area contributed by atoms with Gasteiger partial charge in [0.05, 0.1) is 10.9 Å². The average molecular weight is 645 g/mol. The second kappa shape index (κ2) is 12.4. The van der Waals surface area contributed by atoms with E-state index in [1.807, 2.05) is 46.9 Å². The molecule has 1 aliphatic heterocycles. The average Bonchev–Trinajstić information content (AvgIpc) is 3.25. The van der Waals surface area contributed by atoms with Crippen LogP contribution in [0.25, 0.3) is 10.9 Å². The maximum atomic E-state index is 13.5. The summed E-state index contributed by atoms with van der Waals surface area (Å²) in [5, 5.41) is 15.1. The fourth-order valence-electron chi connectivity index (χ4n) is 4.49. The van der Waals surface area contributed by atoms with Gasteiger partial charge in [-0.3, -0.25) is 10.2 Å². The number of aromatic nitrogens is 1. The second-order valence-electron chi connectivity index (χ2n) is 8.72. The number of carbonyl (C=O) groups is 1. The standard InChI is InChI=1S/C24H29IN6O3S.ClH/c25-18-8-2-4-10-21(18)35(33,34)31-20(12-16-14-29-19-9-3-1-7-17(16)19)24(32)30-22(23(26)27)15-6-5-11-28-13-15;/h1-4,7-10,14-15,20,22,28-29,31H,5-6,11-13H2,(H3,26,27)(H,30,32);1H/t15?,20-,22?;/m1./s1. The number of benzene rings is 2. The Balaban J connectivity index is 0.00000361. The lowest BCUT2D eigenvalue weighted by atomic mass is 9.90. The van der Waals surface area contributed by atoms with Crippen LogP contribution < -0.4 is 21.1 Å². The molecule has 0 radical (unpaired) electrons. The SMILES string of the molecule is Cl.N=C(N)C(NC(=O)[C@@H](Cc1c[nH]c2ccccc12)NS(=O)(=O)c1ccccc1I)C1CCCNC1. The van der Waals surface area contributed by atoms with Crippen molar-refractivity contribution >= 4 is 67.7 Å². The van der Waals surface area contributed by atoms with Crippen molar-refractivity contribution in [3.05, 3.63) is 63.9 Å². The Morgan fingerprint density at radius 2 is 1.92 bits per heavy atom. The highest BCUT2D eigenvalue weighted by atomic mass is 127. The number of hydrogen-bond donors (Lipinski definition) is 6. The molecular formula is C24H30ClIN6O3S. The molecule has 1 fully saturated rings. The minimum Gasteiger partial charge on any atom is -0.386 e. The third-order valence-corrected chi connectivity index (χ3v) is 9.11. The molecule has 0 bridgehead atoms. The first-order valence-electron chi connectivity index (χ1n) is 11.4. The molecule has 7 N–H and O–H groups in total. The van der Waals surface area contributed by atoms with Crippen molar-refractivity contribution in [1.82, 2.24) is 20.3 Å². The van der Waals surface area contributed by atoms with E-state index >= 15 is 0 Å². The summed E-state index contributed by atoms with van der Waals surface area (Å²) in [5.74, 6) is -0.695. The predicted octanol–water partition coefficient (Wildman–Crippen LogP) is 2.50. The summed E-state index contributed by atoms with van der Waals surface area (Å²) >= 11 is 1.97. The Hall–Kier alpha value is -2.19. The highest BCUT2D eigenvalue weighted by Gasteiger charge is 2.33. The minimum atomic E-state index is -4.00. The topological polar surface area (TPSA) is 153 Å². The highest BCUT2D eigenvalue weighted by molar-refractivity contribution is 14.1. The third-order valence-electron chi connectivity index (χ3n) is 6.28. The number of halogens is 2. The van der Waals surface area contributed by atoms with Crippen LogP contribution >= 0.6 is 35.0 Å². The number of sulfonamides is 1. The Bertz CT molecular complexity index is 1330. The lowest BCUT2D eigenvalue weighted by Crippen LogP contribution is -2.57. The van der Waals surface area contributed by atoms with Crippen LogP contribution in [-0.2, 0) is 21.2 Å². The van der Waals surface area contributed by atoms with E-state index in [1.165, 1.54) is 6.07 Å². The number of H-pyrrole nitrogens is 1. The minimum absolute atomic E-state index is 0. The number of amidine groups is 1. The normalized spacial score (nSPS) is 17.6. The number of fused-ring (bicyclic) bond motifs is 1. The lowest BCUT2D eigenvalue weighted by molar-refractivity contribution is -0.123. The molecule has 0 spiro atoms. The first kappa shape index (κ1) is 28.4. The van der Waals surface area contributed by atoms with Crippen LogP contribution in [0.1, 0.15) is 18.4 Å². The van der Waals surface area contributed by atoms with Crippen LogP contribution in [0.5, 0.6) is 0 Å². The molecule has 2 unspecified atom stereocenters. The molecule has 0 saturated carbocycles. The van der Waals surface area contributed by atoms with Crippen molar-refractivity contribution in [2.75, 3.05) is 13.1 Å². The van der Waals surface area contributed by atoms with E-state index in [2.05, 4.69) is 20.3 Å². The summed E-state index contributed by atoms with van der Waals surface area (Å²) in [4.78, 5) is 16.8. The van der Waals surface area contributed by atoms with Gasteiger partial charge in [-0.25, -0.2) is 8.42 Å². The van der Waals surface area contributed by atoms with Crippen LogP contribution in [0.15, 0.2) is 59.6 Å². The van der Waals surface area contributed by atoms with E-state index < -0.39 is 28.0 Å². The van der Waals surface area contributed by atoms with Gasteiger partial charge in [0, 0.05) is 27.2 Å². The zero-order valence-corrected chi connectivity index (χ0v) is 23.3. The summed E-state index contributed by atoms with van der Waals surface area (Å²) in [6.07, 6.45) is 3.66. The summed E-state index contributed by atoms with van der Waals surface area (Å²) in [6.45, 7) is 1.51. The fraction of sp³-hybridized carbons (Fsp3) is 0.333. The van der Waals surface area contributed by atoms with Crippen molar-refractivity contribution in [2.24, 2.45) is 11.7 Å². The molecule has 3 atom stereocenters. The van der Waals surface area contributed by atoms with Gasteiger partial charge in [0.2, 0.25) is 15.9 Å². The fourth-order valence-corrected chi connectivity index (χ4v) is 7.02. The van der Waals surface area contributed by atoms with Gasteiger partial charge >= 0.3 is 0 Å². The van der Waals surface area contributed by atoms with Crippen LogP contribution in [0.4, 0.5) is 0 Å². The van der Waals surface area contributed by atoms with Crippen LogP contribution in [0, 0.1) is 14.9 Å². The molecule has 1 aliphatic rings. The van der Waals surface area contributed by atoms with E-state index in [-0.39, 0.29) is 35.5 Å². The van der Waals surface area contributed by atoms with Crippen molar-refractivity contribution in [1.29, 1.82) is 5.41 Å². The largest absolute Gasteiger partial charge is 0.386 e. The quantitative estimate of drug-likeness (QED) is 0.120. The van der Waals surface area contributed by atoms with E-state index in [9.17, 15) is 13.2 Å². The van der Waals surface area contributed by atoms with Gasteiger partial charge in [0.15, 0.2) is 0 Å². The van der Waals surface area contributed by atoms with Crippen molar-refractivity contribution < 1.29 is 13.2 Å². The Morgan fingerprint density at radius 3 is 2.61 bits per heavy atom. The Labute approximate surface area is 230 Å². The molecule has 9 nitrogen and oxygen atoms in total. The van der Waals surface area contributed by atoms with Gasteiger partial charge in [-0.05, 0) is 78.1 Å². The van der Waals surface area contributed by atoms with Crippen molar-refractivity contribution in [3.8, 4) is 0 Å². The number of nitrogens with two attached hydrogens (primary N) is 1. The van der Waals surface area contributed by atoms with Gasteiger partial charge in [0.25, 0.3) is 0 Å². The van der Waals surface area contributed by atoms with Gasteiger partial charge < -0.3 is 21.4 Å². The molecule has 0 aliphatic carbocycles. The first-order valence-corrected chi connectivity index (χ1v) is 14.0. The molecule has 3 aromatic rings. The van der Waals surface area contributed by atoms with Gasteiger partial charge in [0.1, 0.15) is 11.9 Å². The summed E-state index contributed by atoms with van der Waals surface area (Å²) in [6, 6.07) is 12.5. The Morgan fingerprint density at radius 1 is 1.19 bits per heavy atom. The van der Waals surface area contributed by atoms with Crippen LogP contribution in [0.3, 0.4) is 0 Å². The van der Waals surface area contributed by atoms with Gasteiger partial charge in [-0.15, -0.1) is 12.4 Å². The predicted molar refractivity (Wildman–Crippen MR) is 152 cm³/mol. The molecule has 4 rings (SSSR count). The number of piperidine rings is 1. The highest BCUT2D eigenvalue weighted by Crippen LogP contribution is 2.22. The number of para-hydroxylation sites is 1. The number of hydrogen-bond acceptors (Lipinski definition) is 5. The van der Waals surface area contributed by atoms with E-state index in [0.717, 1.165) is 35.9 Å². The lowest BCUT2D eigenvalue weighted by Gasteiger charge is -2.31. The van der Waals surface area contributed by atoms with Gasteiger partial charge in [-0.1, -0.05) is 30.3 Å². The van der Waals surface area contributed by atoms with Crippen LogP contribution in [0.2, 0.25) is 0 Å². The number of rotatable bonds is 9. The number of aromatic amines is 1. The van der Waals surface area contributed by atoms with Crippen molar-refractivity contribution in [2.45, 2.75) is 36.2 Å². The molecule has 1 aromatic heterocycles. The molecule has 2 aromatic carbocycles. The zero-order chi connectivity index (χ0) is 25.0. The molecular weight excluding hydrogens is 615 g/mol. The summed E-state index contributed by atoms with van der Waals surface area (Å²) in [7, 11) is -4.00. The third kappa shape index (κ3) is 6.57. The summed E-state index contributed by atoms with van der Waals surface area (Å²) < 4.78 is 29.8. The molecule has 1 saturated heterocycles. The smallest absolute Gasteiger partial charge is 0.242 e. The molecule has 12 heteroatoms. The Kier molecular flexibility index (Phi) is 9.75. The van der Waals surface area contributed by atoms with Crippen LogP contribution in [-0.4, -0.2) is 50.3 Å². The second-order valence-corrected chi connectivity index (χ2v) is 11.6. The maximum absolute atomic E-state index is 13.5. The monoisotopic (exact) mass is 644 g/mol. The van der Waals surface area contributed by atoms with E-state index in [0.29, 0.717) is 10.1 Å². The van der Waals surface area contributed by atoms with Gasteiger partial charge in [-0.2, -0.15) is 4.72 Å². The van der Waals surface area contributed by atoms with E-state index in [4.69, 9.17) is 11.1 Å². The molecule has 2 heterocycles. The molecule has 36 heavy (non-hydrogen) atoms. The number of carbonyl (C=O) groups excluding carboxylic acids is 1. The number of amides is 1. The number of nitrogens with one attached hydrogen (secondary N) is 5. The molecule has 194 valence electrons. The summed E-state index contributed by atoms with van der Waals surface area (Å²) in [5.41, 5.74) is 7.57. The first-order chi connectivity index (χ1) is 16.8. The maximum Gasteiger partial charge on any atom is 0.242 e. The van der Waals surface area contributed by atoms with E-state index in [1.54, 1.807) is 24.4 Å².